The third-order valence-corrected chi connectivity index (χ3v) is 3.92. The highest BCUT2D eigenvalue weighted by Gasteiger charge is 2.53. The lowest BCUT2D eigenvalue weighted by Crippen LogP contribution is -2.49. The first-order chi connectivity index (χ1) is 9.49. The quantitative estimate of drug-likeness (QED) is 0.442. The molecule has 21 heavy (non-hydrogen) atoms. The van der Waals surface area contributed by atoms with E-state index in [1.165, 1.54) is 20.8 Å². The topological polar surface area (TPSA) is 27.7 Å². The molecule has 11 heteroatoms. The minimum absolute atomic E-state index is 0.173. The Morgan fingerprint density at radius 2 is 1.00 bits per heavy atom. The Morgan fingerprint density at radius 1 is 0.714 bits per heavy atom. The Labute approximate surface area is 127 Å². The third-order valence-electron chi connectivity index (χ3n) is 1.81. The molecule has 0 N–H and O–H groups in total. The van der Waals surface area contributed by atoms with Crippen LogP contribution in [-0.4, -0.2) is 41.4 Å². The van der Waals surface area contributed by atoms with Crippen LogP contribution in [0.1, 0.15) is 20.8 Å². The fraction of sp³-hybridized carbons (Fsp3) is 1.00. The van der Waals surface area contributed by atoms with E-state index in [0.717, 1.165) is 0 Å². The van der Waals surface area contributed by atoms with Crippen LogP contribution in [-0.2, 0) is 14.2 Å². The van der Waals surface area contributed by atoms with E-state index in [1.54, 1.807) is 0 Å². The second-order valence-electron chi connectivity index (χ2n) is 3.36. The van der Waals surface area contributed by atoms with Gasteiger partial charge in [0.1, 0.15) is 4.58 Å². The van der Waals surface area contributed by atoms with Crippen LogP contribution >= 0.6 is 23.5 Å². The number of halogens is 6. The molecule has 0 atom stereocenters. The maximum atomic E-state index is 12.5. The van der Waals surface area contributed by atoms with E-state index in [1.807, 2.05) is 0 Å². The number of alkyl halides is 6. The molecule has 0 heterocycles. The fourth-order valence-electron chi connectivity index (χ4n) is 1.34. The van der Waals surface area contributed by atoms with E-state index >= 15 is 0 Å². The van der Waals surface area contributed by atoms with Crippen LogP contribution in [0.2, 0.25) is 0 Å². The van der Waals surface area contributed by atoms with E-state index in [2.05, 4.69) is 0 Å². The van der Waals surface area contributed by atoms with Crippen LogP contribution in [0.3, 0.4) is 0 Å². The molecule has 0 saturated heterocycles. The van der Waals surface area contributed by atoms with Gasteiger partial charge in [-0.05, 0) is 44.3 Å². The van der Waals surface area contributed by atoms with Crippen molar-refractivity contribution >= 4 is 23.5 Å². The zero-order chi connectivity index (χ0) is 16.7. The van der Waals surface area contributed by atoms with Crippen molar-refractivity contribution in [2.45, 2.75) is 42.3 Å². The summed E-state index contributed by atoms with van der Waals surface area (Å²) in [6.45, 7) is 3.73. The summed E-state index contributed by atoms with van der Waals surface area (Å²) in [4.78, 5) is 0. The highest BCUT2D eigenvalue weighted by Crippen LogP contribution is 2.50. The van der Waals surface area contributed by atoms with Gasteiger partial charge in [0.15, 0.2) is 0 Å². The van der Waals surface area contributed by atoms with Crippen molar-refractivity contribution in [3.8, 4) is 0 Å². The van der Waals surface area contributed by atoms with Crippen LogP contribution in [0.5, 0.6) is 0 Å². The predicted octanol–water partition coefficient (Wildman–Crippen LogP) is 4.58. The molecule has 0 spiro atoms. The van der Waals surface area contributed by atoms with Gasteiger partial charge >= 0.3 is 17.0 Å². The van der Waals surface area contributed by atoms with Gasteiger partial charge in [-0.1, -0.05) is 0 Å². The fourth-order valence-corrected chi connectivity index (χ4v) is 3.37. The minimum atomic E-state index is -4.90. The number of rotatable bonds is 9. The second-order valence-corrected chi connectivity index (χ2v) is 6.00. The second kappa shape index (κ2) is 8.70. The number of hydrogen-bond acceptors (Lipinski definition) is 5. The van der Waals surface area contributed by atoms with Gasteiger partial charge in [0.25, 0.3) is 0 Å². The molecule has 128 valence electrons. The zero-order valence-electron chi connectivity index (χ0n) is 11.5. The van der Waals surface area contributed by atoms with Crippen molar-refractivity contribution in [1.29, 1.82) is 0 Å². The van der Waals surface area contributed by atoms with E-state index < -0.39 is 45.1 Å². The molecule has 0 fully saturated rings. The Morgan fingerprint density at radius 3 is 1.19 bits per heavy atom. The van der Waals surface area contributed by atoms with Crippen molar-refractivity contribution in [2.24, 2.45) is 0 Å². The van der Waals surface area contributed by atoms with Crippen LogP contribution in [0.15, 0.2) is 0 Å². The van der Waals surface area contributed by atoms with Gasteiger partial charge in [-0.2, -0.15) is 26.3 Å². The summed E-state index contributed by atoms with van der Waals surface area (Å²) < 4.78 is 88.0. The van der Waals surface area contributed by atoms with Crippen molar-refractivity contribution < 1.29 is 40.6 Å². The lowest BCUT2D eigenvalue weighted by atomic mass is 10.6. The predicted molar refractivity (Wildman–Crippen MR) is 68.7 cm³/mol. The van der Waals surface area contributed by atoms with Gasteiger partial charge in [-0.25, -0.2) is 0 Å². The van der Waals surface area contributed by atoms with Crippen molar-refractivity contribution in [2.75, 3.05) is 19.8 Å². The van der Waals surface area contributed by atoms with Gasteiger partial charge in [0.2, 0.25) is 0 Å². The largest absolute Gasteiger partial charge is 0.443 e. The van der Waals surface area contributed by atoms with Crippen LogP contribution in [0.4, 0.5) is 26.3 Å². The molecule has 0 radical (unpaired) electrons. The van der Waals surface area contributed by atoms with Gasteiger partial charge in [-0.15, -0.1) is 0 Å². The summed E-state index contributed by atoms with van der Waals surface area (Å²) in [5, 5.41) is 0. The first-order valence-corrected chi connectivity index (χ1v) is 7.66. The Kier molecular flexibility index (Phi) is 8.77. The van der Waals surface area contributed by atoms with Crippen LogP contribution in [0.25, 0.3) is 0 Å². The average Bonchev–Trinajstić information content (AvgIpc) is 2.25. The summed E-state index contributed by atoms with van der Waals surface area (Å²) in [6.07, 6.45) is 0. The van der Waals surface area contributed by atoms with E-state index in [4.69, 9.17) is 14.2 Å². The molecule has 0 unspecified atom stereocenters. The maximum absolute atomic E-state index is 12.5. The van der Waals surface area contributed by atoms with Gasteiger partial charge < -0.3 is 14.2 Å². The number of hydrogen-bond donors (Lipinski definition) is 0. The standard InChI is InChI=1S/C10H16F6O3S2/c1-4-17-8(18-5-2,19-6-3)7(20-9(11,12)13)21-10(14,15)16/h7H,4-6H2,1-3H3. The Balaban J connectivity index is 5.50. The van der Waals surface area contributed by atoms with Gasteiger partial charge in [0, 0.05) is 19.8 Å². The summed E-state index contributed by atoms with van der Waals surface area (Å²) in [5.74, 6) is -2.43. The summed E-state index contributed by atoms with van der Waals surface area (Å²) >= 11 is -1.75. The first kappa shape index (κ1) is 21.2. The van der Waals surface area contributed by atoms with Gasteiger partial charge in [0.05, 0.1) is 0 Å². The lowest BCUT2D eigenvalue weighted by molar-refractivity contribution is -0.367. The van der Waals surface area contributed by atoms with E-state index in [-0.39, 0.29) is 19.8 Å². The molecule has 0 bridgehead atoms. The smallest absolute Gasteiger partial charge is 0.326 e. The molecule has 0 amide bonds. The number of ether oxygens (including phenoxy) is 3. The number of thioether (sulfide) groups is 2. The van der Waals surface area contributed by atoms with E-state index in [0.29, 0.717) is 0 Å². The molecule has 0 aromatic heterocycles. The monoisotopic (exact) mass is 362 g/mol. The van der Waals surface area contributed by atoms with Crippen LogP contribution in [0, 0.1) is 0 Å². The molecule has 3 nitrogen and oxygen atoms in total. The Bertz CT molecular complexity index is 264. The zero-order valence-corrected chi connectivity index (χ0v) is 13.1. The lowest BCUT2D eigenvalue weighted by Gasteiger charge is -2.38. The molecular weight excluding hydrogens is 346 g/mol. The molecule has 0 aliphatic heterocycles. The highest BCUT2D eigenvalue weighted by molar-refractivity contribution is 8.17. The van der Waals surface area contributed by atoms with Crippen molar-refractivity contribution in [3.63, 3.8) is 0 Å². The van der Waals surface area contributed by atoms with Gasteiger partial charge in [-0.3, -0.25) is 0 Å². The SMILES string of the molecule is CCOC(OCC)(OCC)C(SC(F)(F)F)SC(F)(F)F. The van der Waals surface area contributed by atoms with E-state index in [9.17, 15) is 26.3 Å². The first-order valence-electron chi connectivity index (χ1n) is 5.90. The van der Waals surface area contributed by atoms with Crippen LogP contribution < -0.4 is 0 Å². The molecular formula is C10H16F6O3S2. The highest BCUT2D eigenvalue weighted by atomic mass is 32.2. The Hall–Kier alpha value is 0.160. The molecule has 0 aliphatic rings. The summed E-state index contributed by atoms with van der Waals surface area (Å²) in [7, 11) is 0. The molecule has 0 aromatic rings. The van der Waals surface area contributed by atoms with Crippen molar-refractivity contribution in [1.82, 2.24) is 0 Å². The summed E-state index contributed by atoms with van der Waals surface area (Å²) in [5.41, 5.74) is -9.81. The molecule has 0 rings (SSSR count). The molecule has 0 aromatic carbocycles. The minimum Gasteiger partial charge on any atom is -0.326 e. The normalized spacial score (nSPS) is 14.0. The third kappa shape index (κ3) is 8.38. The summed E-state index contributed by atoms with van der Waals surface area (Å²) in [6, 6.07) is 0. The maximum Gasteiger partial charge on any atom is 0.443 e. The molecule has 0 aliphatic carbocycles. The van der Waals surface area contributed by atoms with Crippen molar-refractivity contribution in [3.05, 3.63) is 0 Å². The molecule has 0 saturated carbocycles. The average molecular weight is 362 g/mol.